The van der Waals surface area contributed by atoms with Gasteiger partial charge in [0.15, 0.2) is 6.10 Å². The van der Waals surface area contributed by atoms with Crippen molar-refractivity contribution >= 4 is 17.3 Å². The number of carbonyl (C=O) groups is 1. The van der Waals surface area contributed by atoms with Crippen LogP contribution < -0.4 is 4.74 Å². The lowest BCUT2D eigenvalue weighted by Gasteiger charge is -2.15. The molecule has 0 saturated heterocycles. The van der Waals surface area contributed by atoms with Crippen LogP contribution in [0.3, 0.4) is 0 Å². The molecule has 0 bridgehead atoms. The van der Waals surface area contributed by atoms with Crippen molar-refractivity contribution < 1.29 is 19.0 Å². The molecule has 0 aliphatic heterocycles. The fourth-order valence-corrected chi connectivity index (χ4v) is 4.66. The maximum absolute atomic E-state index is 12.1. The summed E-state index contributed by atoms with van der Waals surface area (Å²) in [6.45, 7) is 11.6. The first-order valence-corrected chi connectivity index (χ1v) is 12.4. The molecule has 0 fully saturated rings. The SMILES string of the molecule is CCOC(=O)C(Cc1ccc(OCc2sc(-c3ccc(C(C)C)cc3)cc2C)cc1)OCC. The minimum Gasteiger partial charge on any atom is -0.488 e. The van der Waals surface area contributed by atoms with Crippen molar-refractivity contribution in [2.75, 3.05) is 13.2 Å². The third-order valence-corrected chi connectivity index (χ3v) is 6.77. The Bertz CT molecular complexity index is 1020. The molecule has 0 aliphatic rings. The van der Waals surface area contributed by atoms with E-state index in [2.05, 4.69) is 51.1 Å². The van der Waals surface area contributed by atoms with Crippen LogP contribution in [0.2, 0.25) is 0 Å². The van der Waals surface area contributed by atoms with Gasteiger partial charge in [-0.15, -0.1) is 11.3 Å². The van der Waals surface area contributed by atoms with E-state index < -0.39 is 6.10 Å². The minimum absolute atomic E-state index is 0.317. The molecule has 0 saturated carbocycles. The predicted molar refractivity (Wildman–Crippen MR) is 135 cm³/mol. The maximum atomic E-state index is 12.1. The summed E-state index contributed by atoms with van der Waals surface area (Å²) in [5, 5.41) is 0. The third-order valence-electron chi connectivity index (χ3n) is 5.51. The lowest BCUT2D eigenvalue weighted by atomic mass is 10.0. The zero-order chi connectivity index (χ0) is 23.8. The van der Waals surface area contributed by atoms with E-state index in [1.165, 1.54) is 26.4 Å². The highest BCUT2D eigenvalue weighted by atomic mass is 32.1. The smallest absolute Gasteiger partial charge is 0.335 e. The fraction of sp³-hybridized carbons (Fsp3) is 0.393. The average Bonchev–Trinajstić information content (AvgIpc) is 3.19. The number of thiophene rings is 1. The number of carbonyl (C=O) groups excluding carboxylic acids is 1. The molecule has 176 valence electrons. The van der Waals surface area contributed by atoms with E-state index in [1.54, 1.807) is 18.3 Å². The Morgan fingerprint density at radius 1 is 0.970 bits per heavy atom. The fourth-order valence-electron chi connectivity index (χ4n) is 3.57. The van der Waals surface area contributed by atoms with E-state index in [1.807, 2.05) is 31.2 Å². The van der Waals surface area contributed by atoms with E-state index in [0.717, 1.165) is 11.3 Å². The molecule has 0 amide bonds. The van der Waals surface area contributed by atoms with Gasteiger partial charge in [0, 0.05) is 22.8 Å². The molecule has 0 aliphatic carbocycles. The second-order valence-electron chi connectivity index (χ2n) is 8.33. The molecule has 1 heterocycles. The molecule has 2 aromatic carbocycles. The standard InChI is InChI=1S/C28H34O4S/c1-6-30-25(28(29)31-7-2)17-21-8-14-24(15-9-21)32-18-27-20(5)16-26(33-27)23-12-10-22(11-13-23)19(3)4/h8-16,19,25H,6-7,17-18H2,1-5H3. The number of rotatable bonds is 11. The number of esters is 1. The van der Waals surface area contributed by atoms with Crippen LogP contribution in [-0.4, -0.2) is 25.3 Å². The van der Waals surface area contributed by atoms with E-state index in [9.17, 15) is 4.79 Å². The first-order valence-electron chi connectivity index (χ1n) is 11.6. The van der Waals surface area contributed by atoms with E-state index in [4.69, 9.17) is 14.2 Å². The molecule has 0 N–H and O–H groups in total. The number of hydrogen-bond donors (Lipinski definition) is 0. The lowest BCUT2D eigenvalue weighted by Crippen LogP contribution is -2.28. The number of ether oxygens (including phenoxy) is 3. The molecule has 1 atom stereocenters. The number of aryl methyl sites for hydroxylation is 1. The van der Waals surface area contributed by atoms with Crippen molar-refractivity contribution in [3.05, 3.63) is 76.2 Å². The zero-order valence-corrected chi connectivity index (χ0v) is 21.0. The Morgan fingerprint density at radius 3 is 2.27 bits per heavy atom. The van der Waals surface area contributed by atoms with Gasteiger partial charge in [0.05, 0.1) is 6.61 Å². The molecule has 0 radical (unpaired) electrons. The Hall–Kier alpha value is -2.63. The third kappa shape index (κ3) is 6.92. The van der Waals surface area contributed by atoms with Gasteiger partial charge in [-0.05, 0) is 67.1 Å². The van der Waals surface area contributed by atoms with Crippen molar-refractivity contribution in [3.8, 4) is 16.2 Å². The summed E-state index contributed by atoms with van der Waals surface area (Å²) >= 11 is 1.78. The largest absolute Gasteiger partial charge is 0.488 e. The normalized spacial score (nSPS) is 12.1. The van der Waals surface area contributed by atoms with Crippen molar-refractivity contribution in [2.24, 2.45) is 0 Å². The summed E-state index contributed by atoms with van der Waals surface area (Å²) in [7, 11) is 0. The minimum atomic E-state index is -0.580. The van der Waals surface area contributed by atoms with Crippen molar-refractivity contribution in [2.45, 2.75) is 59.7 Å². The first kappa shape index (κ1) is 25.0. The van der Waals surface area contributed by atoms with Gasteiger partial charge in [-0.3, -0.25) is 0 Å². The lowest BCUT2D eigenvalue weighted by molar-refractivity contribution is -0.156. The average molecular weight is 467 g/mol. The van der Waals surface area contributed by atoms with Crippen LogP contribution in [0, 0.1) is 6.92 Å². The van der Waals surface area contributed by atoms with E-state index >= 15 is 0 Å². The molecule has 1 aromatic heterocycles. The quantitative estimate of drug-likeness (QED) is 0.287. The second kappa shape index (κ2) is 12.0. The second-order valence-corrected chi connectivity index (χ2v) is 9.46. The summed E-state index contributed by atoms with van der Waals surface area (Å²) in [4.78, 5) is 14.6. The Labute approximate surface area is 201 Å². The monoisotopic (exact) mass is 466 g/mol. The van der Waals surface area contributed by atoms with Gasteiger partial charge in [0.2, 0.25) is 0 Å². The first-order chi connectivity index (χ1) is 15.9. The van der Waals surface area contributed by atoms with E-state index in [-0.39, 0.29) is 5.97 Å². The van der Waals surface area contributed by atoms with Gasteiger partial charge < -0.3 is 14.2 Å². The summed E-state index contributed by atoms with van der Waals surface area (Å²) in [5.41, 5.74) is 4.85. The maximum Gasteiger partial charge on any atom is 0.335 e. The van der Waals surface area contributed by atoms with Crippen LogP contribution in [0.5, 0.6) is 5.75 Å². The van der Waals surface area contributed by atoms with Crippen molar-refractivity contribution in [1.82, 2.24) is 0 Å². The molecule has 1 unspecified atom stereocenters. The topological polar surface area (TPSA) is 44.8 Å². The molecule has 4 nitrogen and oxygen atoms in total. The Kier molecular flexibility index (Phi) is 9.10. The molecule has 33 heavy (non-hydrogen) atoms. The number of hydrogen-bond acceptors (Lipinski definition) is 5. The van der Waals surface area contributed by atoms with Crippen LogP contribution in [0.25, 0.3) is 10.4 Å². The van der Waals surface area contributed by atoms with Gasteiger partial charge >= 0.3 is 5.97 Å². The summed E-state index contributed by atoms with van der Waals surface area (Å²) in [5.74, 6) is 1.02. The van der Waals surface area contributed by atoms with Crippen LogP contribution >= 0.6 is 11.3 Å². The van der Waals surface area contributed by atoms with Gasteiger partial charge in [-0.1, -0.05) is 50.2 Å². The predicted octanol–water partition coefficient (Wildman–Crippen LogP) is 6.94. The van der Waals surface area contributed by atoms with Crippen LogP contribution in [0.15, 0.2) is 54.6 Å². The highest BCUT2D eigenvalue weighted by molar-refractivity contribution is 7.15. The van der Waals surface area contributed by atoms with Gasteiger partial charge in [0.1, 0.15) is 12.4 Å². The van der Waals surface area contributed by atoms with Crippen molar-refractivity contribution in [1.29, 1.82) is 0 Å². The number of benzene rings is 2. The molecular formula is C28H34O4S. The Morgan fingerprint density at radius 2 is 1.67 bits per heavy atom. The molecule has 5 heteroatoms. The molecule has 3 aromatic rings. The van der Waals surface area contributed by atoms with Crippen LogP contribution in [0.1, 0.15) is 55.2 Å². The highest BCUT2D eigenvalue weighted by Crippen LogP contribution is 2.33. The van der Waals surface area contributed by atoms with Crippen molar-refractivity contribution in [3.63, 3.8) is 0 Å². The summed E-state index contributed by atoms with van der Waals surface area (Å²) in [6, 6.07) is 18.9. The molecular weight excluding hydrogens is 432 g/mol. The molecule has 3 rings (SSSR count). The summed E-state index contributed by atoms with van der Waals surface area (Å²) < 4.78 is 16.7. The van der Waals surface area contributed by atoms with Gasteiger partial charge in [0.25, 0.3) is 0 Å². The van der Waals surface area contributed by atoms with E-state index in [0.29, 0.717) is 32.2 Å². The highest BCUT2D eigenvalue weighted by Gasteiger charge is 2.20. The zero-order valence-electron chi connectivity index (χ0n) is 20.2. The molecule has 0 spiro atoms. The summed E-state index contributed by atoms with van der Waals surface area (Å²) in [6.07, 6.45) is -0.0980. The van der Waals surface area contributed by atoms with Gasteiger partial charge in [-0.2, -0.15) is 0 Å². The van der Waals surface area contributed by atoms with Crippen LogP contribution in [0.4, 0.5) is 0 Å². The van der Waals surface area contributed by atoms with Crippen LogP contribution in [-0.2, 0) is 27.3 Å². The Balaban J connectivity index is 1.60. The van der Waals surface area contributed by atoms with Gasteiger partial charge in [-0.25, -0.2) is 4.79 Å².